The van der Waals surface area contributed by atoms with Gasteiger partial charge in [0.15, 0.2) is 5.75 Å². The standard InChI is InChI=1S/C7H5Cl2O3S/c1-13(10,11)12-7-3-2-5(8)4-6(7)9/h2,4H,1H3. The molecule has 0 fully saturated rings. The molecule has 0 N–H and O–H groups in total. The molecular formula is C7H5Cl2O3S. The molecule has 0 saturated heterocycles. The predicted molar refractivity (Wildman–Crippen MR) is 50.8 cm³/mol. The third kappa shape index (κ3) is 3.42. The summed E-state index contributed by atoms with van der Waals surface area (Å²) in [6.45, 7) is 0. The summed E-state index contributed by atoms with van der Waals surface area (Å²) >= 11 is 11.2. The van der Waals surface area contributed by atoms with Crippen LogP contribution in [-0.2, 0) is 10.1 Å². The lowest BCUT2D eigenvalue weighted by Gasteiger charge is -2.03. The first-order chi connectivity index (χ1) is 5.88. The van der Waals surface area contributed by atoms with Crippen molar-refractivity contribution in [3.05, 3.63) is 28.2 Å². The molecule has 0 aromatic heterocycles. The lowest BCUT2D eigenvalue weighted by Crippen LogP contribution is -2.06. The normalized spacial score (nSPS) is 11.3. The summed E-state index contributed by atoms with van der Waals surface area (Å²) in [6, 6.07) is 5.24. The Hall–Kier alpha value is -0.450. The van der Waals surface area contributed by atoms with Gasteiger partial charge in [-0.2, -0.15) is 8.42 Å². The van der Waals surface area contributed by atoms with Crippen molar-refractivity contribution in [1.82, 2.24) is 0 Å². The first-order valence-corrected chi connectivity index (χ1v) is 5.72. The van der Waals surface area contributed by atoms with Crippen LogP contribution in [0.3, 0.4) is 0 Å². The van der Waals surface area contributed by atoms with E-state index in [2.05, 4.69) is 10.2 Å². The number of benzene rings is 1. The van der Waals surface area contributed by atoms with Crippen molar-refractivity contribution in [1.29, 1.82) is 0 Å². The van der Waals surface area contributed by atoms with Gasteiger partial charge in [0.2, 0.25) is 0 Å². The Morgan fingerprint density at radius 2 is 2.08 bits per heavy atom. The molecule has 0 unspecified atom stereocenters. The van der Waals surface area contributed by atoms with Gasteiger partial charge in [0.05, 0.1) is 11.3 Å². The average molecular weight is 240 g/mol. The van der Waals surface area contributed by atoms with Gasteiger partial charge in [0.1, 0.15) is 0 Å². The summed E-state index contributed by atoms with van der Waals surface area (Å²) in [6.07, 6.45) is 0.922. The minimum Gasteiger partial charge on any atom is -0.380 e. The highest BCUT2D eigenvalue weighted by Gasteiger charge is 2.08. The molecule has 71 valence electrons. The summed E-state index contributed by atoms with van der Waals surface area (Å²) in [7, 11) is -3.57. The Morgan fingerprint density at radius 1 is 1.46 bits per heavy atom. The van der Waals surface area contributed by atoms with Crippen molar-refractivity contribution in [2.45, 2.75) is 0 Å². The highest BCUT2D eigenvalue weighted by Crippen LogP contribution is 2.27. The van der Waals surface area contributed by atoms with Crippen molar-refractivity contribution in [3.8, 4) is 5.75 Å². The van der Waals surface area contributed by atoms with Gasteiger partial charge in [-0.1, -0.05) is 23.2 Å². The number of hydrogen-bond donors (Lipinski definition) is 0. The van der Waals surface area contributed by atoms with E-state index in [1.807, 2.05) is 0 Å². The van der Waals surface area contributed by atoms with Crippen LogP contribution in [0.15, 0.2) is 12.1 Å². The summed E-state index contributed by atoms with van der Waals surface area (Å²) in [5, 5.41) is 0.476. The van der Waals surface area contributed by atoms with Gasteiger partial charge in [-0.25, -0.2) is 0 Å². The van der Waals surface area contributed by atoms with E-state index in [0.29, 0.717) is 5.02 Å². The van der Waals surface area contributed by atoms with Crippen LogP contribution in [0, 0.1) is 6.07 Å². The molecular weight excluding hydrogens is 235 g/mol. The fraction of sp³-hybridized carbons (Fsp3) is 0.143. The van der Waals surface area contributed by atoms with Gasteiger partial charge in [-0.3, -0.25) is 0 Å². The van der Waals surface area contributed by atoms with Crippen LogP contribution in [0.5, 0.6) is 5.75 Å². The third-order valence-electron chi connectivity index (χ3n) is 1.06. The highest BCUT2D eigenvalue weighted by atomic mass is 35.5. The number of halogens is 2. The van der Waals surface area contributed by atoms with Gasteiger partial charge in [-0.15, -0.1) is 0 Å². The zero-order valence-electron chi connectivity index (χ0n) is 6.54. The van der Waals surface area contributed by atoms with Gasteiger partial charge in [0.25, 0.3) is 0 Å². The van der Waals surface area contributed by atoms with Gasteiger partial charge < -0.3 is 4.18 Å². The molecule has 13 heavy (non-hydrogen) atoms. The summed E-state index contributed by atoms with van der Waals surface area (Å²) in [5.74, 6) is -0.0476. The molecule has 0 spiro atoms. The van der Waals surface area contributed by atoms with Crippen LogP contribution in [0.25, 0.3) is 0 Å². The lowest BCUT2D eigenvalue weighted by atomic mass is 10.3. The lowest BCUT2D eigenvalue weighted by molar-refractivity contribution is 0.492. The molecule has 6 heteroatoms. The van der Waals surface area contributed by atoms with Crippen LogP contribution >= 0.6 is 23.2 Å². The van der Waals surface area contributed by atoms with Gasteiger partial charge in [0, 0.05) is 11.1 Å². The molecule has 0 bridgehead atoms. The van der Waals surface area contributed by atoms with Crippen LogP contribution in [0.2, 0.25) is 10.0 Å². The SMILES string of the molecule is CS(=O)(=O)Oc1[c]cc(Cl)cc1Cl. The topological polar surface area (TPSA) is 43.4 Å². The summed E-state index contributed by atoms with van der Waals surface area (Å²) in [4.78, 5) is 0. The van der Waals surface area contributed by atoms with Crippen molar-refractivity contribution in [2.24, 2.45) is 0 Å². The number of rotatable bonds is 2. The zero-order valence-corrected chi connectivity index (χ0v) is 8.87. The molecule has 1 rings (SSSR count). The fourth-order valence-electron chi connectivity index (χ4n) is 0.647. The molecule has 0 heterocycles. The minimum absolute atomic E-state index is 0.0476. The van der Waals surface area contributed by atoms with E-state index in [-0.39, 0.29) is 10.8 Å². The van der Waals surface area contributed by atoms with Crippen molar-refractivity contribution in [2.75, 3.05) is 6.26 Å². The second-order valence-electron chi connectivity index (χ2n) is 2.28. The van der Waals surface area contributed by atoms with E-state index in [1.54, 1.807) is 0 Å². The predicted octanol–water partition coefficient (Wildman–Crippen LogP) is 2.13. The molecule has 3 nitrogen and oxygen atoms in total. The van der Waals surface area contributed by atoms with Gasteiger partial charge >= 0.3 is 10.1 Å². The molecule has 0 aliphatic heterocycles. The molecule has 0 aliphatic carbocycles. The maximum atomic E-state index is 10.7. The van der Waals surface area contributed by atoms with Crippen molar-refractivity contribution in [3.63, 3.8) is 0 Å². The fourth-order valence-corrected chi connectivity index (χ4v) is 1.56. The average Bonchev–Trinajstić information content (AvgIpc) is 1.93. The van der Waals surface area contributed by atoms with E-state index >= 15 is 0 Å². The van der Waals surface area contributed by atoms with E-state index in [0.717, 1.165) is 6.26 Å². The Labute approximate surface area is 86.4 Å². The molecule has 0 amide bonds. The summed E-state index contributed by atoms with van der Waals surface area (Å²) in [5.41, 5.74) is 0. The number of hydrogen-bond acceptors (Lipinski definition) is 3. The Bertz CT molecular complexity index is 414. The maximum Gasteiger partial charge on any atom is 0.306 e. The van der Waals surface area contributed by atoms with Crippen LogP contribution in [0.4, 0.5) is 0 Å². The van der Waals surface area contributed by atoms with Crippen molar-refractivity contribution < 1.29 is 12.6 Å². The van der Waals surface area contributed by atoms with Crippen molar-refractivity contribution >= 4 is 33.3 Å². The van der Waals surface area contributed by atoms with E-state index < -0.39 is 10.1 Å². The van der Waals surface area contributed by atoms with Crippen LogP contribution in [-0.4, -0.2) is 14.7 Å². The van der Waals surface area contributed by atoms with E-state index in [9.17, 15) is 8.42 Å². The maximum absolute atomic E-state index is 10.7. The molecule has 0 aliphatic rings. The Balaban J connectivity index is 3.04. The Morgan fingerprint density at radius 3 is 2.54 bits per heavy atom. The largest absolute Gasteiger partial charge is 0.380 e. The summed E-state index contributed by atoms with van der Waals surface area (Å²) < 4.78 is 25.9. The van der Waals surface area contributed by atoms with E-state index in [4.69, 9.17) is 23.2 Å². The zero-order chi connectivity index (χ0) is 10.1. The quantitative estimate of drug-likeness (QED) is 0.743. The highest BCUT2D eigenvalue weighted by molar-refractivity contribution is 7.86. The molecule has 1 aromatic carbocycles. The monoisotopic (exact) mass is 239 g/mol. The van der Waals surface area contributed by atoms with Crippen LogP contribution in [0.1, 0.15) is 0 Å². The Kier molecular flexibility index (Phi) is 3.05. The second-order valence-corrected chi connectivity index (χ2v) is 4.70. The second kappa shape index (κ2) is 3.74. The van der Waals surface area contributed by atoms with Gasteiger partial charge in [-0.05, 0) is 12.1 Å². The van der Waals surface area contributed by atoms with E-state index in [1.165, 1.54) is 12.1 Å². The smallest absolute Gasteiger partial charge is 0.306 e. The van der Waals surface area contributed by atoms with Crippen LogP contribution < -0.4 is 4.18 Å². The first kappa shape index (κ1) is 10.6. The first-order valence-electron chi connectivity index (χ1n) is 3.15. The molecule has 0 saturated carbocycles. The minimum atomic E-state index is -3.57. The molecule has 0 atom stereocenters. The molecule has 1 radical (unpaired) electrons. The third-order valence-corrected chi connectivity index (χ3v) is 2.03. The molecule has 1 aromatic rings.